The molecule has 0 unspecified atom stereocenters. The number of hydrogen-bond donors (Lipinski definition) is 2. The highest BCUT2D eigenvalue weighted by atomic mass is 16.7. The number of carbonyl (C=O) groups excluding carboxylic acids is 4. The number of ether oxygens (including phenoxy) is 1. The number of rotatable bonds is 13. The normalized spacial score (nSPS) is 18.4. The number of Topliss-reactive ketones (excluding diaryl/α,β-unsaturated/α-hetero) is 1. The lowest BCUT2D eigenvalue weighted by Crippen LogP contribution is -2.56. The average molecular weight is 553 g/mol. The van der Waals surface area contributed by atoms with Crippen molar-refractivity contribution in [1.82, 2.24) is 15.3 Å². The number of nitrogens with zero attached hydrogens (tertiary/aromatic N) is 2. The molecular weight excluding hydrogens is 521 g/mol. The number of nitrogens with one attached hydrogen (secondary N) is 1. The molecule has 0 spiro atoms. The number of hydrogen-bond acceptors (Lipinski definition) is 10. The Labute approximate surface area is 232 Å². The second kappa shape index (κ2) is 13.8. The highest BCUT2D eigenvalue weighted by Crippen LogP contribution is 2.36. The van der Waals surface area contributed by atoms with Crippen LogP contribution < -0.4 is 5.32 Å². The van der Waals surface area contributed by atoms with E-state index in [1.165, 1.54) is 18.6 Å². The summed E-state index contributed by atoms with van der Waals surface area (Å²) in [5.74, 6) is -4.94. The lowest BCUT2D eigenvalue weighted by molar-refractivity contribution is -0.177. The number of methoxy groups -OCH3 is 1. The highest BCUT2D eigenvalue weighted by molar-refractivity contribution is 6.50. The van der Waals surface area contributed by atoms with Crippen LogP contribution in [0.1, 0.15) is 55.6 Å². The molecule has 212 valence electrons. The second-order valence-corrected chi connectivity index (χ2v) is 10.1. The van der Waals surface area contributed by atoms with Crippen LogP contribution in [0.3, 0.4) is 0 Å². The fourth-order valence-electron chi connectivity index (χ4n) is 4.65. The minimum absolute atomic E-state index is 0.00999. The summed E-state index contributed by atoms with van der Waals surface area (Å²) in [6.45, 7) is 3.79. The molecule has 2 heterocycles. The summed E-state index contributed by atoms with van der Waals surface area (Å²) in [6.07, 6.45) is 2.92. The van der Waals surface area contributed by atoms with Gasteiger partial charge < -0.3 is 24.5 Å². The van der Waals surface area contributed by atoms with Gasteiger partial charge in [-0.05, 0) is 24.3 Å². The molecule has 0 bridgehead atoms. The van der Waals surface area contributed by atoms with Crippen molar-refractivity contribution in [1.29, 1.82) is 0 Å². The topological polar surface area (TPSA) is 171 Å². The molecular formula is C27H32BN3O9. The Morgan fingerprint density at radius 2 is 1.90 bits per heavy atom. The Bertz CT molecular complexity index is 1210. The van der Waals surface area contributed by atoms with Crippen molar-refractivity contribution < 1.29 is 43.1 Å². The lowest BCUT2D eigenvalue weighted by Gasteiger charge is -2.38. The summed E-state index contributed by atoms with van der Waals surface area (Å²) in [4.78, 5) is 71.3. The molecule has 2 aromatic rings. The first-order chi connectivity index (χ1) is 19.0. The largest absolute Gasteiger partial charge is 0.531 e. The monoisotopic (exact) mass is 553 g/mol. The molecule has 40 heavy (non-hydrogen) atoms. The van der Waals surface area contributed by atoms with Gasteiger partial charge in [-0.2, -0.15) is 0 Å². The van der Waals surface area contributed by atoms with Crippen molar-refractivity contribution in [3.05, 3.63) is 60.2 Å². The summed E-state index contributed by atoms with van der Waals surface area (Å²) in [7, 11) is -0.327. The molecule has 12 nitrogen and oxygen atoms in total. The maximum absolute atomic E-state index is 13.7. The van der Waals surface area contributed by atoms with Gasteiger partial charge in [0.15, 0.2) is 11.4 Å². The van der Waals surface area contributed by atoms with Crippen molar-refractivity contribution in [2.45, 2.75) is 63.4 Å². The number of carbonyl (C=O) groups is 5. The summed E-state index contributed by atoms with van der Waals surface area (Å²) in [6, 6.07) is 8.12. The van der Waals surface area contributed by atoms with Crippen molar-refractivity contribution in [3.63, 3.8) is 0 Å². The quantitative estimate of drug-likeness (QED) is 0.275. The number of esters is 1. The zero-order chi connectivity index (χ0) is 29.3. The fourth-order valence-corrected chi connectivity index (χ4v) is 4.65. The van der Waals surface area contributed by atoms with Gasteiger partial charge in [-0.3, -0.25) is 24.2 Å². The highest BCUT2D eigenvalue weighted by Gasteiger charge is 2.55. The maximum atomic E-state index is 13.7. The molecule has 3 atom stereocenters. The van der Waals surface area contributed by atoms with Gasteiger partial charge in [-0.25, -0.2) is 9.78 Å². The van der Waals surface area contributed by atoms with E-state index in [9.17, 15) is 29.1 Å². The smallest absolute Gasteiger partial charge is 0.509 e. The van der Waals surface area contributed by atoms with E-state index in [1.807, 2.05) is 44.2 Å². The summed E-state index contributed by atoms with van der Waals surface area (Å²) >= 11 is 0. The standard InChI is InChI=1S/C27H32BN3O9/c1-17(2)11-19(28-39-24(35)15-27(40-28,14-23(33)34)26(37)38-3)13-22(32)20(12-18-7-5-4-6-8-18)31-25(36)21-16-29-9-10-30-21/h4-10,16-17,19-20H,11-15H2,1-3H3,(H,31,36)(H,33,34)/t19-,20+,27+/m1/s1. The number of ketones is 1. The predicted octanol–water partition coefficient (Wildman–Crippen LogP) is 2.03. The van der Waals surface area contributed by atoms with Gasteiger partial charge in [0.25, 0.3) is 11.9 Å². The first-order valence-electron chi connectivity index (χ1n) is 12.8. The molecule has 1 aliphatic rings. The van der Waals surface area contributed by atoms with Crippen LogP contribution in [0.4, 0.5) is 0 Å². The van der Waals surface area contributed by atoms with Gasteiger partial charge in [0, 0.05) is 24.6 Å². The Kier molecular flexibility index (Phi) is 10.5. The van der Waals surface area contributed by atoms with Crippen LogP contribution in [0.15, 0.2) is 48.9 Å². The third-order valence-corrected chi connectivity index (χ3v) is 6.41. The fraction of sp³-hybridized carbons (Fsp3) is 0.444. The number of benzene rings is 1. The van der Waals surface area contributed by atoms with E-state index >= 15 is 0 Å². The minimum Gasteiger partial charge on any atom is -0.509 e. The number of aliphatic carboxylic acids is 1. The van der Waals surface area contributed by atoms with Crippen molar-refractivity contribution in [2.75, 3.05) is 7.11 Å². The van der Waals surface area contributed by atoms with Crippen molar-refractivity contribution in [3.8, 4) is 0 Å². The summed E-state index contributed by atoms with van der Waals surface area (Å²) < 4.78 is 16.0. The molecule has 1 saturated heterocycles. The SMILES string of the molecule is COC(=O)[C@]1(CC(=O)O)CC(=O)OB([C@@H](CC(=O)[C@H](Cc2ccccc2)NC(=O)c2cnccn2)CC(C)C)O1. The van der Waals surface area contributed by atoms with Crippen LogP contribution in [-0.4, -0.2) is 70.5 Å². The Morgan fingerprint density at radius 3 is 2.50 bits per heavy atom. The maximum Gasteiger partial charge on any atom is 0.531 e. The minimum atomic E-state index is -2.09. The molecule has 1 aliphatic heterocycles. The van der Waals surface area contributed by atoms with E-state index in [0.29, 0.717) is 6.42 Å². The van der Waals surface area contributed by atoms with E-state index in [1.54, 1.807) is 0 Å². The van der Waals surface area contributed by atoms with E-state index in [0.717, 1.165) is 12.7 Å². The van der Waals surface area contributed by atoms with Gasteiger partial charge in [-0.15, -0.1) is 0 Å². The third-order valence-electron chi connectivity index (χ3n) is 6.41. The average Bonchev–Trinajstić information content (AvgIpc) is 2.91. The first-order valence-corrected chi connectivity index (χ1v) is 12.8. The molecule has 0 aliphatic carbocycles. The Balaban J connectivity index is 1.89. The number of aromatic nitrogens is 2. The molecule has 1 aromatic heterocycles. The molecule has 2 N–H and O–H groups in total. The third kappa shape index (κ3) is 8.19. The molecule has 1 aromatic carbocycles. The van der Waals surface area contributed by atoms with Crippen LogP contribution in [0.25, 0.3) is 0 Å². The molecule has 13 heteroatoms. The van der Waals surface area contributed by atoms with Gasteiger partial charge in [0.05, 0.1) is 32.2 Å². The molecule has 1 fully saturated rings. The van der Waals surface area contributed by atoms with Crippen LogP contribution in [0.2, 0.25) is 5.82 Å². The van der Waals surface area contributed by atoms with E-state index in [2.05, 4.69) is 15.3 Å². The van der Waals surface area contributed by atoms with Crippen LogP contribution in [0.5, 0.6) is 0 Å². The number of carboxylic acids is 1. The van der Waals surface area contributed by atoms with Gasteiger partial charge in [-0.1, -0.05) is 44.2 Å². The Hall–Kier alpha value is -4.13. The number of carboxylic acid groups (broad SMARTS) is 1. The lowest BCUT2D eigenvalue weighted by atomic mass is 9.63. The van der Waals surface area contributed by atoms with Gasteiger partial charge >= 0.3 is 19.1 Å². The molecule has 3 rings (SSSR count). The van der Waals surface area contributed by atoms with Crippen LogP contribution >= 0.6 is 0 Å². The molecule has 0 saturated carbocycles. The summed E-state index contributed by atoms with van der Waals surface area (Å²) in [5.41, 5.74) is -1.26. The van der Waals surface area contributed by atoms with Crippen LogP contribution in [0, 0.1) is 5.92 Å². The zero-order valence-electron chi connectivity index (χ0n) is 22.6. The van der Waals surface area contributed by atoms with Crippen molar-refractivity contribution in [2.24, 2.45) is 5.92 Å². The van der Waals surface area contributed by atoms with Gasteiger partial charge in [0.2, 0.25) is 0 Å². The Morgan fingerprint density at radius 1 is 1.18 bits per heavy atom. The van der Waals surface area contributed by atoms with Crippen LogP contribution in [-0.2, 0) is 39.6 Å². The van der Waals surface area contributed by atoms with E-state index < -0.39 is 61.2 Å². The molecule has 0 radical (unpaired) electrons. The predicted molar refractivity (Wildman–Crippen MR) is 141 cm³/mol. The zero-order valence-corrected chi connectivity index (χ0v) is 22.6. The second-order valence-electron chi connectivity index (χ2n) is 10.1. The van der Waals surface area contributed by atoms with E-state index in [-0.39, 0.29) is 30.2 Å². The number of amides is 1. The van der Waals surface area contributed by atoms with E-state index in [4.69, 9.17) is 14.0 Å². The summed E-state index contributed by atoms with van der Waals surface area (Å²) in [5, 5.41) is 12.2. The first kappa shape index (κ1) is 30.4. The molecule has 1 amide bonds. The van der Waals surface area contributed by atoms with Gasteiger partial charge in [0.1, 0.15) is 5.69 Å². The van der Waals surface area contributed by atoms with Crippen molar-refractivity contribution >= 4 is 36.7 Å².